The highest BCUT2D eigenvalue weighted by atomic mass is 35.5. The van der Waals surface area contributed by atoms with E-state index in [2.05, 4.69) is 0 Å². The van der Waals surface area contributed by atoms with E-state index in [4.69, 9.17) is 27.6 Å². The van der Waals surface area contributed by atoms with E-state index < -0.39 is 5.63 Å². The number of aldehydes is 1. The van der Waals surface area contributed by atoms with E-state index in [9.17, 15) is 9.59 Å². The van der Waals surface area contributed by atoms with Gasteiger partial charge in [-0.25, -0.2) is 4.79 Å². The largest absolute Gasteiger partial charge is 0.422 e. The van der Waals surface area contributed by atoms with Gasteiger partial charge in [0.1, 0.15) is 11.1 Å². The van der Waals surface area contributed by atoms with Gasteiger partial charge >= 0.3 is 5.63 Å². The Balaban J connectivity index is 2.47. The van der Waals surface area contributed by atoms with Gasteiger partial charge in [-0.05, 0) is 18.2 Å². The van der Waals surface area contributed by atoms with Crippen molar-refractivity contribution in [3.63, 3.8) is 0 Å². The summed E-state index contributed by atoms with van der Waals surface area (Å²) in [7, 11) is 0. The Hall–Kier alpha value is -1.52. The summed E-state index contributed by atoms with van der Waals surface area (Å²) in [5.41, 5.74) is 0.697. The Morgan fingerprint density at radius 1 is 1.15 bits per heavy atom. The molecule has 0 spiro atoms. The quantitative estimate of drug-likeness (QED) is 0.467. The van der Waals surface area contributed by atoms with Gasteiger partial charge in [0.25, 0.3) is 0 Å². The van der Waals surface area contributed by atoms with Crippen molar-refractivity contribution in [2.45, 2.75) is 0 Å². The van der Waals surface area contributed by atoms with Crippen molar-refractivity contribution in [3.8, 4) is 0 Å². The highest BCUT2D eigenvalue weighted by Crippen LogP contribution is 2.22. The monoisotopic (exact) mass is 313 g/mol. The number of fused-ring (bicyclic) bond motifs is 1. The first-order valence-corrected chi connectivity index (χ1v) is 7.16. The van der Waals surface area contributed by atoms with Crippen LogP contribution in [0.2, 0.25) is 0 Å². The van der Waals surface area contributed by atoms with Crippen LogP contribution in [0, 0.1) is 0 Å². The zero-order valence-corrected chi connectivity index (χ0v) is 12.2. The second-order valence-corrected chi connectivity index (χ2v) is 4.95. The summed E-state index contributed by atoms with van der Waals surface area (Å²) in [6, 6.07) is 6.96. The summed E-state index contributed by atoms with van der Waals surface area (Å²) in [5, 5.41) is 0.701. The molecule has 106 valence electrons. The van der Waals surface area contributed by atoms with Crippen LogP contribution >= 0.6 is 23.2 Å². The van der Waals surface area contributed by atoms with Crippen LogP contribution in [-0.2, 0) is 0 Å². The van der Waals surface area contributed by atoms with E-state index in [1.54, 1.807) is 12.1 Å². The maximum Gasteiger partial charge on any atom is 0.346 e. The molecule has 0 fully saturated rings. The molecule has 1 heterocycles. The normalized spacial score (nSPS) is 10.7. The molecule has 20 heavy (non-hydrogen) atoms. The first-order chi connectivity index (χ1) is 9.69. The number of carbonyl (C=O) groups excluding carboxylic acids is 1. The second-order valence-electron chi connectivity index (χ2n) is 4.19. The van der Waals surface area contributed by atoms with Gasteiger partial charge in [0, 0.05) is 42.0 Å². The summed E-state index contributed by atoms with van der Waals surface area (Å²) in [5.74, 6) is 0.950. The van der Waals surface area contributed by atoms with E-state index in [1.807, 2.05) is 11.0 Å². The van der Waals surface area contributed by atoms with Gasteiger partial charge in [0.15, 0.2) is 6.29 Å². The molecule has 0 aliphatic carbocycles. The van der Waals surface area contributed by atoms with Crippen LogP contribution in [0.15, 0.2) is 33.5 Å². The minimum atomic E-state index is -0.633. The van der Waals surface area contributed by atoms with Crippen molar-refractivity contribution in [2.24, 2.45) is 0 Å². The van der Waals surface area contributed by atoms with Crippen LogP contribution in [0.25, 0.3) is 11.0 Å². The van der Waals surface area contributed by atoms with Crippen LogP contribution in [0.1, 0.15) is 10.4 Å². The molecule has 4 nitrogen and oxygen atoms in total. The van der Waals surface area contributed by atoms with Gasteiger partial charge in [-0.15, -0.1) is 23.2 Å². The average Bonchev–Trinajstić information content (AvgIpc) is 2.45. The lowest BCUT2D eigenvalue weighted by molar-refractivity contribution is 0.112. The summed E-state index contributed by atoms with van der Waals surface area (Å²) < 4.78 is 5.15. The molecule has 0 aliphatic rings. The van der Waals surface area contributed by atoms with Gasteiger partial charge in [-0.3, -0.25) is 4.79 Å². The van der Waals surface area contributed by atoms with Crippen molar-refractivity contribution in [2.75, 3.05) is 29.7 Å². The fourth-order valence-corrected chi connectivity index (χ4v) is 2.38. The number of rotatable bonds is 6. The molecule has 0 saturated heterocycles. The maximum absolute atomic E-state index is 11.5. The van der Waals surface area contributed by atoms with Gasteiger partial charge in [-0.2, -0.15) is 0 Å². The summed E-state index contributed by atoms with van der Waals surface area (Å²) in [4.78, 5) is 24.3. The molecule has 0 atom stereocenters. The van der Waals surface area contributed by atoms with Crippen molar-refractivity contribution in [3.05, 3.63) is 40.2 Å². The van der Waals surface area contributed by atoms with Crippen molar-refractivity contribution >= 4 is 46.1 Å². The molecule has 2 aromatic rings. The lowest BCUT2D eigenvalue weighted by atomic mass is 10.1. The Labute approximate surface area is 125 Å². The van der Waals surface area contributed by atoms with Crippen LogP contribution in [-0.4, -0.2) is 31.1 Å². The van der Waals surface area contributed by atoms with Crippen molar-refractivity contribution < 1.29 is 9.21 Å². The molecule has 0 aliphatic heterocycles. The smallest absolute Gasteiger partial charge is 0.346 e. The van der Waals surface area contributed by atoms with Crippen LogP contribution < -0.4 is 10.5 Å². The predicted molar refractivity (Wildman–Crippen MR) is 81.5 cm³/mol. The third-order valence-corrected chi connectivity index (χ3v) is 3.29. The van der Waals surface area contributed by atoms with E-state index >= 15 is 0 Å². The van der Waals surface area contributed by atoms with Gasteiger partial charge in [0.05, 0.1) is 0 Å². The Morgan fingerprint density at radius 3 is 2.45 bits per heavy atom. The third kappa shape index (κ3) is 3.14. The first kappa shape index (κ1) is 14.9. The third-order valence-electron chi connectivity index (χ3n) is 2.95. The van der Waals surface area contributed by atoms with E-state index in [1.165, 1.54) is 6.07 Å². The molecule has 1 aromatic heterocycles. The molecule has 6 heteroatoms. The van der Waals surface area contributed by atoms with Gasteiger partial charge < -0.3 is 9.32 Å². The fourth-order valence-electron chi connectivity index (χ4n) is 1.97. The molecular weight excluding hydrogens is 301 g/mol. The molecule has 0 amide bonds. The lowest BCUT2D eigenvalue weighted by Crippen LogP contribution is -2.27. The number of hydrogen-bond donors (Lipinski definition) is 0. The number of carbonyl (C=O) groups is 1. The zero-order chi connectivity index (χ0) is 14.5. The number of anilines is 1. The van der Waals surface area contributed by atoms with Gasteiger partial charge in [-0.1, -0.05) is 0 Å². The molecule has 1 aromatic carbocycles. The first-order valence-electron chi connectivity index (χ1n) is 6.09. The lowest BCUT2D eigenvalue weighted by Gasteiger charge is -2.22. The summed E-state index contributed by atoms with van der Waals surface area (Å²) >= 11 is 11.5. The second kappa shape index (κ2) is 6.77. The zero-order valence-electron chi connectivity index (χ0n) is 10.6. The van der Waals surface area contributed by atoms with Crippen LogP contribution in [0.4, 0.5) is 5.69 Å². The number of halogens is 2. The topological polar surface area (TPSA) is 50.5 Å². The minimum Gasteiger partial charge on any atom is -0.422 e. The number of hydrogen-bond acceptors (Lipinski definition) is 4. The number of alkyl halides is 2. The van der Waals surface area contributed by atoms with Crippen molar-refractivity contribution in [1.29, 1.82) is 0 Å². The standard InChI is InChI=1S/C14H13Cl2NO3/c15-3-5-17(6-4-16)12-2-1-10-7-11(9-18)14(19)20-13(10)8-12/h1-2,7-9H,3-6H2. The molecule has 0 saturated carbocycles. The molecular formula is C14H13Cl2NO3. The van der Waals surface area contributed by atoms with E-state index in [0.717, 1.165) is 5.69 Å². The molecule has 0 unspecified atom stereocenters. The Morgan fingerprint density at radius 2 is 1.85 bits per heavy atom. The summed E-state index contributed by atoms with van der Waals surface area (Å²) in [6.07, 6.45) is 0.493. The highest BCUT2D eigenvalue weighted by molar-refractivity contribution is 6.18. The maximum atomic E-state index is 11.5. The average molecular weight is 314 g/mol. The number of benzene rings is 1. The van der Waals surface area contributed by atoms with E-state index in [0.29, 0.717) is 42.1 Å². The Bertz CT molecular complexity index is 663. The predicted octanol–water partition coefficient (Wildman–Crippen LogP) is 2.89. The number of nitrogens with zero attached hydrogens (tertiary/aromatic N) is 1. The van der Waals surface area contributed by atoms with Gasteiger partial charge in [0.2, 0.25) is 0 Å². The SMILES string of the molecule is O=Cc1cc2ccc(N(CCCl)CCCl)cc2oc1=O. The van der Waals surface area contributed by atoms with Crippen LogP contribution in [0.3, 0.4) is 0 Å². The molecule has 0 N–H and O–H groups in total. The van der Waals surface area contributed by atoms with Crippen molar-refractivity contribution in [1.82, 2.24) is 0 Å². The summed E-state index contributed by atoms with van der Waals surface area (Å²) in [6.45, 7) is 1.30. The fraction of sp³-hybridized carbons (Fsp3) is 0.286. The van der Waals surface area contributed by atoms with E-state index in [-0.39, 0.29) is 5.56 Å². The van der Waals surface area contributed by atoms with Crippen LogP contribution in [0.5, 0.6) is 0 Å². The Kier molecular flexibility index (Phi) is 5.04. The molecule has 0 radical (unpaired) electrons. The highest BCUT2D eigenvalue weighted by Gasteiger charge is 2.09. The molecule has 0 bridgehead atoms. The molecule has 2 rings (SSSR count). The minimum absolute atomic E-state index is 0.0172.